The van der Waals surface area contributed by atoms with E-state index in [0.717, 1.165) is 12.5 Å². The van der Waals surface area contributed by atoms with Crippen molar-refractivity contribution < 1.29 is 0 Å². The molecule has 0 aromatic carbocycles. The highest BCUT2D eigenvalue weighted by atomic mass is 14.9. The molecule has 0 aliphatic heterocycles. The van der Waals surface area contributed by atoms with Gasteiger partial charge in [0.1, 0.15) is 0 Å². The molecular weight excluding hydrogens is 208 g/mol. The highest BCUT2D eigenvalue weighted by Gasteiger charge is 2.11. The first-order valence-corrected chi connectivity index (χ1v) is 7.65. The molecule has 2 nitrogen and oxygen atoms in total. The van der Waals surface area contributed by atoms with Crippen LogP contribution < -0.4 is 11.1 Å². The van der Waals surface area contributed by atoms with E-state index in [-0.39, 0.29) is 0 Å². The molecule has 2 unspecified atom stereocenters. The normalized spacial score (nSPS) is 14.8. The van der Waals surface area contributed by atoms with Crippen molar-refractivity contribution in [1.29, 1.82) is 0 Å². The summed E-state index contributed by atoms with van der Waals surface area (Å²) in [4.78, 5) is 0. The number of hydrogen-bond acceptors (Lipinski definition) is 2. The monoisotopic (exact) mass is 242 g/mol. The van der Waals surface area contributed by atoms with Crippen LogP contribution in [0.15, 0.2) is 0 Å². The van der Waals surface area contributed by atoms with Crippen molar-refractivity contribution >= 4 is 0 Å². The van der Waals surface area contributed by atoms with Crippen LogP contribution in [0.25, 0.3) is 0 Å². The average molecular weight is 242 g/mol. The van der Waals surface area contributed by atoms with E-state index in [0.29, 0.717) is 5.92 Å². The minimum atomic E-state index is 0.676. The van der Waals surface area contributed by atoms with Gasteiger partial charge in [0.25, 0.3) is 0 Å². The zero-order valence-corrected chi connectivity index (χ0v) is 12.3. The molecule has 0 aromatic heterocycles. The molecule has 0 amide bonds. The summed E-state index contributed by atoms with van der Waals surface area (Å²) in [5.41, 5.74) is 5.73. The summed E-state index contributed by atoms with van der Waals surface area (Å²) >= 11 is 0. The van der Waals surface area contributed by atoms with Gasteiger partial charge in [-0.3, -0.25) is 0 Å². The molecule has 3 N–H and O–H groups in total. The predicted molar refractivity (Wildman–Crippen MR) is 78.2 cm³/mol. The second-order valence-corrected chi connectivity index (χ2v) is 5.50. The molecule has 2 atom stereocenters. The van der Waals surface area contributed by atoms with Crippen LogP contribution in [0.3, 0.4) is 0 Å². The quantitative estimate of drug-likeness (QED) is 0.514. The van der Waals surface area contributed by atoms with Gasteiger partial charge in [0.05, 0.1) is 0 Å². The van der Waals surface area contributed by atoms with Crippen LogP contribution >= 0.6 is 0 Å². The maximum Gasteiger partial charge on any atom is -0.00204 e. The molecule has 0 saturated heterocycles. The number of rotatable bonds is 12. The lowest BCUT2D eigenvalue weighted by Crippen LogP contribution is -2.26. The minimum Gasteiger partial charge on any atom is -0.330 e. The van der Waals surface area contributed by atoms with Crippen LogP contribution in [0.5, 0.6) is 0 Å². The van der Waals surface area contributed by atoms with Gasteiger partial charge in [-0.05, 0) is 50.7 Å². The van der Waals surface area contributed by atoms with Gasteiger partial charge < -0.3 is 11.1 Å². The Balaban J connectivity index is 3.75. The minimum absolute atomic E-state index is 0.676. The molecule has 0 saturated carbocycles. The van der Waals surface area contributed by atoms with E-state index >= 15 is 0 Å². The van der Waals surface area contributed by atoms with Crippen molar-refractivity contribution in [3.63, 3.8) is 0 Å². The Bertz CT molecular complexity index is 148. The first-order valence-electron chi connectivity index (χ1n) is 7.65. The first-order chi connectivity index (χ1) is 8.24. The molecule has 0 aliphatic rings. The van der Waals surface area contributed by atoms with E-state index in [4.69, 9.17) is 5.73 Å². The molecule has 17 heavy (non-hydrogen) atoms. The van der Waals surface area contributed by atoms with Crippen molar-refractivity contribution in [2.75, 3.05) is 19.6 Å². The highest BCUT2D eigenvalue weighted by molar-refractivity contribution is 4.67. The van der Waals surface area contributed by atoms with Crippen LogP contribution in [0.4, 0.5) is 0 Å². The van der Waals surface area contributed by atoms with Gasteiger partial charge in [-0.1, -0.05) is 46.5 Å². The van der Waals surface area contributed by atoms with E-state index in [1.54, 1.807) is 0 Å². The Morgan fingerprint density at radius 1 is 1.06 bits per heavy atom. The van der Waals surface area contributed by atoms with Gasteiger partial charge in [0.2, 0.25) is 0 Å². The molecule has 0 aliphatic carbocycles. The van der Waals surface area contributed by atoms with Crippen LogP contribution in [0.1, 0.15) is 65.7 Å². The maximum atomic E-state index is 5.73. The maximum absolute atomic E-state index is 5.73. The van der Waals surface area contributed by atoms with Crippen LogP contribution in [-0.2, 0) is 0 Å². The van der Waals surface area contributed by atoms with Crippen LogP contribution in [0, 0.1) is 11.8 Å². The molecular formula is C15H34N2. The number of hydrogen-bond donors (Lipinski definition) is 2. The Morgan fingerprint density at radius 3 is 2.35 bits per heavy atom. The number of unbranched alkanes of at least 4 members (excludes halogenated alkanes) is 3. The fourth-order valence-corrected chi connectivity index (χ4v) is 2.26. The van der Waals surface area contributed by atoms with Crippen molar-refractivity contribution in [2.24, 2.45) is 17.6 Å². The van der Waals surface area contributed by atoms with Gasteiger partial charge in [-0.25, -0.2) is 0 Å². The fourth-order valence-electron chi connectivity index (χ4n) is 2.26. The Hall–Kier alpha value is -0.0800. The zero-order valence-electron chi connectivity index (χ0n) is 12.3. The molecule has 0 aromatic rings. The Kier molecular flexibility index (Phi) is 12.3. The second-order valence-electron chi connectivity index (χ2n) is 5.50. The van der Waals surface area contributed by atoms with Gasteiger partial charge in [0.15, 0.2) is 0 Å². The Morgan fingerprint density at radius 2 is 1.76 bits per heavy atom. The average Bonchev–Trinajstić information content (AvgIpc) is 2.34. The lowest BCUT2D eigenvalue weighted by atomic mass is 9.91. The van der Waals surface area contributed by atoms with Gasteiger partial charge >= 0.3 is 0 Å². The largest absolute Gasteiger partial charge is 0.330 e. The summed E-state index contributed by atoms with van der Waals surface area (Å²) in [5, 5.41) is 3.60. The highest BCUT2D eigenvalue weighted by Crippen LogP contribution is 2.17. The summed E-state index contributed by atoms with van der Waals surface area (Å²) in [6, 6.07) is 0. The molecule has 0 bridgehead atoms. The third-order valence-corrected chi connectivity index (χ3v) is 3.49. The first kappa shape index (κ1) is 16.9. The lowest BCUT2D eigenvalue weighted by molar-refractivity contribution is 0.346. The predicted octanol–water partition coefficient (Wildman–Crippen LogP) is 3.56. The smallest absolute Gasteiger partial charge is 0.00204 e. The Labute approximate surface area is 109 Å². The molecule has 0 radical (unpaired) electrons. The van der Waals surface area contributed by atoms with E-state index in [9.17, 15) is 0 Å². The number of nitrogens with two attached hydrogens (primary N) is 1. The molecule has 0 spiro atoms. The molecule has 0 heterocycles. The van der Waals surface area contributed by atoms with E-state index < -0.39 is 0 Å². The van der Waals surface area contributed by atoms with E-state index in [1.807, 2.05) is 0 Å². The fraction of sp³-hybridized carbons (Fsp3) is 1.00. The topological polar surface area (TPSA) is 38.0 Å². The molecule has 2 heteroatoms. The van der Waals surface area contributed by atoms with E-state index in [2.05, 4.69) is 26.1 Å². The SMILES string of the molecule is CCCCCC(CNCCCC)CC(C)CN. The third-order valence-electron chi connectivity index (χ3n) is 3.49. The standard InChI is InChI=1S/C15H34N2/c1-4-6-8-9-15(11-14(3)12-16)13-17-10-7-5-2/h14-15,17H,4-13,16H2,1-3H3. The molecule has 0 rings (SSSR count). The van der Waals surface area contributed by atoms with Crippen LogP contribution in [0.2, 0.25) is 0 Å². The number of nitrogens with one attached hydrogen (secondary N) is 1. The second kappa shape index (κ2) is 12.4. The third kappa shape index (κ3) is 10.8. The molecule has 0 fully saturated rings. The summed E-state index contributed by atoms with van der Waals surface area (Å²) < 4.78 is 0. The van der Waals surface area contributed by atoms with Gasteiger partial charge in [0, 0.05) is 0 Å². The summed E-state index contributed by atoms with van der Waals surface area (Å²) in [6.45, 7) is 10.00. The van der Waals surface area contributed by atoms with Crippen molar-refractivity contribution in [3.05, 3.63) is 0 Å². The summed E-state index contributed by atoms with van der Waals surface area (Å²) in [7, 11) is 0. The van der Waals surface area contributed by atoms with Gasteiger partial charge in [-0.15, -0.1) is 0 Å². The summed E-state index contributed by atoms with van der Waals surface area (Å²) in [6.07, 6.45) is 9.33. The lowest BCUT2D eigenvalue weighted by Gasteiger charge is -2.20. The van der Waals surface area contributed by atoms with Crippen LogP contribution in [-0.4, -0.2) is 19.6 Å². The van der Waals surface area contributed by atoms with Gasteiger partial charge in [-0.2, -0.15) is 0 Å². The van der Waals surface area contributed by atoms with Crippen molar-refractivity contribution in [3.8, 4) is 0 Å². The van der Waals surface area contributed by atoms with Crippen molar-refractivity contribution in [2.45, 2.75) is 65.7 Å². The molecule has 104 valence electrons. The summed E-state index contributed by atoms with van der Waals surface area (Å²) in [5.74, 6) is 1.51. The van der Waals surface area contributed by atoms with E-state index in [1.165, 1.54) is 58.0 Å². The zero-order chi connectivity index (χ0) is 12.9. The van der Waals surface area contributed by atoms with Crippen molar-refractivity contribution in [1.82, 2.24) is 5.32 Å².